The lowest BCUT2D eigenvalue weighted by Gasteiger charge is -2.34. The summed E-state index contributed by atoms with van der Waals surface area (Å²) in [6.07, 6.45) is 1.90. The molecule has 3 nitrogen and oxygen atoms in total. The second kappa shape index (κ2) is 6.29. The Morgan fingerprint density at radius 3 is 2.80 bits per heavy atom. The summed E-state index contributed by atoms with van der Waals surface area (Å²) < 4.78 is 13.5. The minimum Gasteiger partial charge on any atom is -0.338 e. The van der Waals surface area contributed by atoms with Crippen LogP contribution in [0.25, 0.3) is 0 Å². The number of rotatable bonds is 2. The molecule has 1 fully saturated rings. The van der Waals surface area contributed by atoms with Crippen molar-refractivity contribution in [2.24, 2.45) is 11.7 Å². The minimum absolute atomic E-state index is 0.0306. The maximum Gasteiger partial charge on any atom is 0.255 e. The predicted octanol–water partition coefficient (Wildman–Crippen LogP) is 3.33. The molecule has 110 valence electrons. The van der Waals surface area contributed by atoms with Crippen LogP contribution in [0.4, 0.5) is 4.39 Å². The maximum atomic E-state index is 13.5. The molecular weight excluding hydrogens is 302 g/mol. The Morgan fingerprint density at radius 1 is 1.45 bits per heavy atom. The summed E-state index contributed by atoms with van der Waals surface area (Å²) in [5, 5.41) is 0.0861. The standard InChI is InChI=1S/C14H17Cl2FN2O/c1-8(18)9-3-2-4-19(7-9)14(20)10-5-13(17)12(16)6-11(10)15/h5-6,8-9H,2-4,7,18H2,1H3/t8-,9+/m1/s1. The van der Waals surface area contributed by atoms with E-state index in [0.29, 0.717) is 13.1 Å². The largest absolute Gasteiger partial charge is 0.338 e. The number of halogens is 3. The highest BCUT2D eigenvalue weighted by molar-refractivity contribution is 6.36. The molecule has 1 aromatic carbocycles. The number of likely N-dealkylation sites (tertiary alicyclic amines) is 1. The molecule has 1 heterocycles. The van der Waals surface area contributed by atoms with Crippen molar-refractivity contribution in [2.75, 3.05) is 13.1 Å². The zero-order chi connectivity index (χ0) is 14.9. The maximum absolute atomic E-state index is 13.5. The molecule has 1 aliphatic rings. The number of amides is 1. The van der Waals surface area contributed by atoms with Crippen LogP contribution in [0.2, 0.25) is 10.0 Å². The van der Waals surface area contributed by atoms with Gasteiger partial charge in [0.05, 0.1) is 15.6 Å². The molecule has 0 aliphatic carbocycles. The van der Waals surface area contributed by atoms with Crippen molar-refractivity contribution >= 4 is 29.1 Å². The smallest absolute Gasteiger partial charge is 0.255 e. The number of piperidine rings is 1. The van der Waals surface area contributed by atoms with E-state index in [9.17, 15) is 9.18 Å². The lowest BCUT2D eigenvalue weighted by atomic mass is 9.92. The van der Waals surface area contributed by atoms with Gasteiger partial charge in [-0.2, -0.15) is 0 Å². The van der Waals surface area contributed by atoms with Gasteiger partial charge in [0.2, 0.25) is 0 Å². The second-order valence-corrected chi connectivity index (χ2v) is 6.07. The molecule has 1 saturated heterocycles. The Bertz CT molecular complexity index is 522. The molecule has 1 aromatic rings. The van der Waals surface area contributed by atoms with Crippen LogP contribution in [0.1, 0.15) is 30.1 Å². The normalized spacial score (nSPS) is 20.9. The highest BCUT2D eigenvalue weighted by Gasteiger charge is 2.28. The fraction of sp³-hybridized carbons (Fsp3) is 0.500. The van der Waals surface area contributed by atoms with Gasteiger partial charge in [0.1, 0.15) is 5.82 Å². The summed E-state index contributed by atoms with van der Waals surface area (Å²) in [5.41, 5.74) is 6.05. The molecule has 0 unspecified atom stereocenters. The molecule has 2 rings (SSSR count). The third-order valence-electron chi connectivity index (χ3n) is 3.73. The molecule has 6 heteroatoms. The van der Waals surface area contributed by atoms with Gasteiger partial charge in [-0.05, 0) is 37.8 Å². The van der Waals surface area contributed by atoms with Gasteiger partial charge >= 0.3 is 0 Å². The summed E-state index contributed by atoms with van der Waals surface area (Å²) in [5.74, 6) is -0.639. The first-order chi connectivity index (χ1) is 9.40. The van der Waals surface area contributed by atoms with Crippen LogP contribution >= 0.6 is 23.2 Å². The van der Waals surface area contributed by atoms with E-state index in [0.717, 1.165) is 18.9 Å². The van der Waals surface area contributed by atoms with E-state index >= 15 is 0 Å². The summed E-state index contributed by atoms with van der Waals surface area (Å²) in [7, 11) is 0. The number of hydrogen-bond donors (Lipinski definition) is 1. The van der Waals surface area contributed by atoms with Gasteiger partial charge in [-0.3, -0.25) is 4.79 Å². The zero-order valence-electron chi connectivity index (χ0n) is 11.2. The van der Waals surface area contributed by atoms with Crippen LogP contribution in [-0.2, 0) is 0 Å². The topological polar surface area (TPSA) is 46.3 Å². The van der Waals surface area contributed by atoms with E-state index in [4.69, 9.17) is 28.9 Å². The molecule has 1 amide bonds. The van der Waals surface area contributed by atoms with Crippen molar-refractivity contribution in [2.45, 2.75) is 25.8 Å². The van der Waals surface area contributed by atoms with Crippen LogP contribution in [0.3, 0.4) is 0 Å². The molecule has 1 aliphatic heterocycles. The highest BCUT2D eigenvalue weighted by atomic mass is 35.5. The van der Waals surface area contributed by atoms with Gasteiger partial charge in [0, 0.05) is 19.1 Å². The minimum atomic E-state index is -0.639. The van der Waals surface area contributed by atoms with Crippen LogP contribution in [0, 0.1) is 11.7 Å². The SMILES string of the molecule is C[C@@H](N)[C@H]1CCCN(C(=O)c2cc(F)c(Cl)cc2Cl)C1. The number of carbonyl (C=O) groups excluding carboxylic acids is 1. The third-order valence-corrected chi connectivity index (χ3v) is 4.33. The highest BCUT2D eigenvalue weighted by Crippen LogP contribution is 2.27. The van der Waals surface area contributed by atoms with Gasteiger partial charge in [0.25, 0.3) is 5.91 Å². The monoisotopic (exact) mass is 318 g/mol. The predicted molar refractivity (Wildman–Crippen MR) is 78.7 cm³/mol. The lowest BCUT2D eigenvalue weighted by molar-refractivity contribution is 0.0660. The number of carbonyl (C=O) groups is 1. The number of nitrogens with two attached hydrogens (primary N) is 1. The molecule has 0 bridgehead atoms. The molecule has 0 aromatic heterocycles. The Labute approximate surface area is 127 Å². The van der Waals surface area contributed by atoms with E-state index in [2.05, 4.69) is 0 Å². The van der Waals surface area contributed by atoms with Gasteiger partial charge < -0.3 is 10.6 Å². The number of nitrogens with zero attached hydrogens (tertiary/aromatic N) is 1. The van der Waals surface area contributed by atoms with Crippen LogP contribution in [0.5, 0.6) is 0 Å². The third kappa shape index (κ3) is 3.25. The van der Waals surface area contributed by atoms with Gasteiger partial charge in [-0.1, -0.05) is 23.2 Å². The van der Waals surface area contributed by atoms with Crippen molar-refractivity contribution in [3.05, 3.63) is 33.6 Å². The molecule has 0 spiro atoms. The Kier molecular flexibility index (Phi) is 4.89. The Morgan fingerprint density at radius 2 is 2.15 bits per heavy atom. The molecule has 0 radical (unpaired) electrons. The van der Waals surface area contributed by atoms with E-state index in [1.54, 1.807) is 4.90 Å². The fourth-order valence-electron chi connectivity index (χ4n) is 2.48. The summed E-state index contributed by atoms with van der Waals surface area (Å²) in [6, 6.07) is 2.39. The fourth-order valence-corrected chi connectivity index (χ4v) is 2.94. The number of benzene rings is 1. The average Bonchev–Trinajstić information content (AvgIpc) is 2.42. The summed E-state index contributed by atoms with van der Waals surface area (Å²) >= 11 is 11.6. The van der Waals surface area contributed by atoms with Crippen molar-refractivity contribution in [1.29, 1.82) is 0 Å². The van der Waals surface area contributed by atoms with Gasteiger partial charge in [-0.25, -0.2) is 4.39 Å². The van der Waals surface area contributed by atoms with E-state index in [-0.39, 0.29) is 33.5 Å². The molecule has 20 heavy (non-hydrogen) atoms. The van der Waals surface area contributed by atoms with Crippen molar-refractivity contribution in [3.63, 3.8) is 0 Å². The quantitative estimate of drug-likeness (QED) is 0.850. The van der Waals surface area contributed by atoms with E-state index in [1.807, 2.05) is 6.92 Å². The van der Waals surface area contributed by atoms with Gasteiger partial charge in [-0.15, -0.1) is 0 Å². The van der Waals surface area contributed by atoms with Crippen LogP contribution < -0.4 is 5.73 Å². The first-order valence-corrected chi connectivity index (χ1v) is 7.35. The first-order valence-electron chi connectivity index (χ1n) is 6.59. The van der Waals surface area contributed by atoms with Gasteiger partial charge in [0.15, 0.2) is 0 Å². The Hall–Kier alpha value is -0.840. The van der Waals surface area contributed by atoms with Crippen molar-refractivity contribution < 1.29 is 9.18 Å². The summed E-state index contributed by atoms with van der Waals surface area (Å²) in [6.45, 7) is 3.16. The van der Waals surface area contributed by atoms with Crippen molar-refractivity contribution in [3.8, 4) is 0 Å². The molecule has 0 saturated carbocycles. The molecule has 2 N–H and O–H groups in total. The number of hydrogen-bond acceptors (Lipinski definition) is 2. The van der Waals surface area contributed by atoms with E-state index in [1.165, 1.54) is 6.07 Å². The zero-order valence-corrected chi connectivity index (χ0v) is 12.7. The lowest BCUT2D eigenvalue weighted by Crippen LogP contribution is -2.45. The second-order valence-electron chi connectivity index (χ2n) is 5.26. The first kappa shape index (κ1) is 15.5. The van der Waals surface area contributed by atoms with Crippen LogP contribution in [-0.4, -0.2) is 29.9 Å². The summed E-state index contributed by atoms with van der Waals surface area (Å²) in [4.78, 5) is 14.1. The Balaban J connectivity index is 2.21. The average molecular weight is 319 g/mol. The molecule has 2 atom stereocenters. The molecular formula is C14H17Cl2FN2O. The van der Waals surface area contributed by atoms with E-state index < -0.39 is 5.82 Å². The van der Waals surface area contributed by atoms with Crippen LogP contribution in [0.15, 0.2) is 12.1 Å². The van der Waals surface area contributed by atoms with Crippen molar-refractivity contribution in [1.82, 2.24) is 4.90 Å².